The number of aliphatic carboxylic acids is 1. The van der Waals surface area contributed by atoms with Crippen LogP contribution in [0.5, 0.6) is 0 Å². The van der Waals surface area contributed by atoms with Crippen molar-refractivity contribution < 1.29 is 19.5 Å². The van der Waals surface area contributed by atoms with Gasteiger partial charge in [0.1, 0.15) is 0 Å². The molecule has 0 aromatic heterocycles. The molecule has 0 fully saturated rings. The first-order valence-electron chi connectivity index (χ1n) is 12.2. The maximum atomic E-state index is 12.5. The van der Waals surface area contributed by atoms with Crippen LogP contribution in [-0.4, -0.2) is 22.6 Å². The second kappa shape index (κ2) is 11.1. The third-order valence-electron chi connectivity index (χ3n) is 6.30. The van der Waals surface area contributed by atoms with Crippen molar-refractivity contribution in [1.82, 2.24) is 0 Å². The summed E-state index contributed by atoms with van der Waals surface area (Å²) in [6.45, 7) is 13.4. The summed E-state index contributed by atoms with van der Waals surface area (Å²) in [5.74, 6) is -0.803. The average molecular weight is 465 g/mol. The third kappa shape index (κ3) is 7.65. The molecule has 0 bridgehead atoms. The van der Waals surface area contributed by atoms with Gasteiger partial charge in [0, 0.05) is 22.0 Å². The summed E-state index contributed by atoms with van der Waals surface area (Å²) in [7, 11) is 0. The van der Waals surface area contributed by atoms with Crippen LogP contribution in [0.15, 0.2) is 48.5 Å². The first-order chi connectivity index (χ1) is 15.7. The van der Waals surface area contributed by atoms with Crippen LogP contribution in [0.2, 0.25) is 0 Å². The number of carbonyl (C=O) groups is 3. The summed E-state index contributed by atoms with van der Waals surface area (Å²) >= 11 is 0. The second-order valence-corrected chi connectivity index (χ2v) is 11.5. The zero-order valence-corrected chi connectivity index (χ0v) is 21.8. The number of ketones is 2. The molecule has 0 radical (unpaired) electrons. The maximum absolute atomic E-state index is 12.5. The Morgan fingerprint density at radius 1 is 0.706 bits per heavy atom. The number of rotatable bonds is 10. The molecule has 0 saturated carbocycles. The molecule has 0 amide bonds. The summed E-state index contributed by atoms with van der Waals surface area (Å²) in [6.07, 6.45) is 2.63. The molecule has 0 aliphatic heterocycles. The lowest BCUT2D eigenvalue weighted by Crippen LogP contribution is -2.21. The largest absolute Gasteiger partial charge is 0.481 e. The van der Waals surface area contributed by atoms with Gasteiger partial charge in [0.2, 0.25) is 0 Å². The highest BCUT2D eigenvalue weighted by atomic mass is 16.4. The number of hydrogen-bond acceptors (Lipinski definition) is 3. The number of hydrogen-bond donors (Lipinski definition) is 1. The lowest BCUT2D eigenvalue weighted by atomic mass is 9.82. The Morgan fingerprint density at radius 3 is 1.32 bits per heavy atom. The number of carboxylic acid groups (broad SMARTS) is 1. The summed E-state index contributed by atoms with van der Waals surface area (Å²) in [4.78, 5) is 36.8. The molecule has 4 nitrogen and oxygen atoms in total. The van der Waals surface area contributed by atoms with E-state index in [4.69, 9.17) is 0 Å². The van der Waals surface area contributed by atoms with E-state index in [1.165, 1.54) is 0 Å². The van der Waals surface area contributed by atoms with Crippen LogP contribution in [0.4, 0.5) is 0 Å². The summed E-state index contributed by atoms with van der Waals surface area (Å²) in [5, 5.41) is 9.63. The van der Waals surface area contributed by atoms with Crippen molar-refractivity contribution in [1.29, 1.82) is 0 Å². The molecule has 4 heteroatoms. The smallest absolute Gasteiger partial charge is 0.306 e. The van der Waals surface area contributed by atoms with Crippen LogP contribution >= 0.6 is 0 Å². The number of benzene rings is 2. The number of carbonyl (C=O) groups excluding carboxylic acids is 2. The van der Waals surface area contributed by atoms with Crippen LogP contribution < -0.4 is 0 Å². The molecule has 2 aromatic rings. The van der Waals surface area contributed by atoms with Crippen molar-refractivity contribution in [2.75, 3.05) is 0 Å². The third-order valence-corrected chi connectivity index (χ3v) is 6.30. The van der Waals surface area contributed by atoms with Crippen molar-refractivity contribution in [2.45, 2.75) is 74.1 Å². The van der Waals surface area contributed by atoms with Gasteiger partial charge in [-0.15, -0.1) is 0 Å². The van der Waals surface area contributed by atoms with E-state index < -0.39 is 22.7 Å². The molecule has 2 aromatic carbocycles. The predicted octanol–water partition coefficient (Wildman–Crippen LogP) is 7.05. The van der Waals surface area contributed by atoms with Crippen LogP contribution in [0, 0.1) is 22.7 Å². The Morgan fingerprint density at radius 2 is 1.06 bits per heavy atom. The van der Waals surface area contributed by atoms with Crippen molar-refractivity contribution >= 4 is 17.5 Å². The van der Waals surface area contributed by atoms with Gasteiger partial charge >= 0.3 is 5.97 Å². The van der Waals surface area contributed by atoms with Crippen molar-refractivity contribution in [3.63, 3.8) is 0 Å². The first-order valence-corrected chi connectivity index (χ1v) is 12.2. The van der Waals surface area contributed by atoms with E-state index in [9.17, 15) is 19.5 Å². The van der Waals surface area contributed by atoms with E-state index in [-0.39, 0.29) is 17.5 Å². The van der Waals surface area contributed by atoms with Crippen molar-refractivity contribution in [3.05, 3.63) is 70.8 Å². The maximum Gasteiger partial charge on any atom is 0.306 e. The van der Waals surface area contributed by atoms with E-state index in [1.54, 1.807) is 0 Å². The Labute approximate surface area is 204 Å². The molecular weight excluding hydrogens is 424 g/mol. The Hall–Kier alpha value is -2.75. The Kier molecular flexibility index (Phi) is 8.99. The molecule has 0 spiro atoms. The van der Waals surface area contributed by atoms with E-state index in [0.29, 0.717) is 24.0 Å². The number of carboxylic acids is 1. The minimum Gasteiger partial charge on any atom is -0.481 e. The highest BCUT2D eigenvalue weighted by Crippen LogP contribution is 2.27. The van der Waals surface area contributed by atoms with Crippen molar-refractivity contribution in [3.8, 4) is 0 Å². The SMILES string of the molecule is CCC(CC(Cc1ccc(C(=O)C(C)(C)C)cc1)Cc1ccc(C(=O)C(C)(C)C)cc1)C(=O)O. The molecule has 0 aliphatic rings. The molecule has 0 heterocycles. The molecule has 1 atom stereocenters. The zero-order valence-electron chi connectivity index (χ0n) is 21.8. The lowest BCUT2D eigenvalue weighted by molar-refractivity contribution is -0.142. The van der Waals surface area contributed by atoms with Gasteiger partial charge in [0.05, 0.1) is 5.92 Å². The van der Waals surface area contributed by atoms with E-state index in [2.05, 4.69) is 0 Å². The van der Waals surface area contributed by atoms with Gasteiger partial charge in [-0.25, -0.2) is 0 Å². The normalized spacial score (nSPS) is 13.1. The average Bonchev–Trinajstić information content (AvgIpc) is 2.76. The van der Waals surface area contributed by atoms with Gasteiger partial charge in [-0.05, 0) is 42.7 Å². The number of Topliss-reactive ketones (excluding diaryl/α,β-unsaturated/α-hetero) is 2. The zero-order chi connectivity index (χ0) is 25.7. The van der Waals surface area contributed by atoms with Crippen LogP contribution in [0.3, 0.4) is 0 Å². The van der Waals surface area contributed by atoms with E-state index in [1.807, 2.05) is 97.0 Å². The van der Waals surface area contributed by atoms with Gasteiger partial charge in [-0.2, -0.15) is 0 Å². The summed E-state index contributed by atoms with van der Waals surface area (Å²) in [5.41, 5.74) is 2.72. The fourth-order valence-electron chi connectivity index (χ4n) is 4.20. The Balaban J connectivity index is 2.22. The minimum atomic E-state index is -0.759. The van der Waals surface area contributed by atoms with Crippen LogP contribution in [0.1, 0.15) is 93.2 Å². The van der Waals surface area contributed by atoms with E-state index >= 15 is 0 Å². The topological polar surface area (TPSA) is 71.4 Å². The summed E-state index contributed by atoms with van der Waals surface area (Å²) in [6, 6.07) is 15.4. The second-order valence-electron chi connectivity index (χ2n) is 11.5. The van der Waals surface area contributed by atoms with Gasteiger partial charge < -0.3 is 5.11 Å². The molecule has 2 rings (SSSR count). The molecule has 184 valence electrons. The molecular formula is C30H40O4. The first kappa shape index (κ1) is 27.5. The van der Waals surface area contributed by atoms with Gasteiger partial charge in [-0.1, -0.05) is 97.0 Å². The summed E-state index contributed by atoms with van der Waals surface area (Å²) < 4.78 is 0. The molecule has 0 aliphatic carbocycles. The van der Waals surface area contributed by atoms with Crippen molar-refractivity contribution in [2.24, 2.45) is 22.7 Å². The fraction of sp³-hybridized carbons (Fsp3) is 0.500. The quantitative estimate of drug-likeness (QED) is 0.383. The predicted molar refractivity (Wildman–Crippen MR) is 137 cm³/mol. The Bertz CT molecular complexity index is 915. The van der Waals surface area contributed by atoms with E-state index in [0.717, 1.165) is 24.0 Å². The van der Waals surface area contributed by atoms with Gasteiger partial charge in [0.15, 0.2) is 11.6 Å². The van der Waals surface area contributed by atoms with Crippen LogP contribution in [0.25, 0.3) is 0 Å². The highest BCUT2D eigenvalue weighted by Gasteiger charge is 2.25. The standard InChI is InChI=1S/C30H40O4/c1-8-23(28(33)34)19-22(17-20-9-13-24(14-10-20)26(31)29(2,3)4)18-21-11-15-25(16-12-21)27(32)30(5,6)7/h9-16,22-23H,8,17-19H2,1-7H3,(H,33,34). The van der Waals surface area contributed by atoms with Gasteiger partial charge in [0.25, 0.3) is 0 Å². The lowest BCUT2D eigenvalue weighted by Gasteiger charge is -2.22. The molecule has 1 N–H and O–H groups in total. The van der Waals surface area contributed by atoms with Gasteiger partial charge in [-0.3, -0.25) is 14.4 Å². The monoisotopic (exact) mass is 464 g/mol. The fourth-order valence-corrected chi connectivity index (χ4v) is 4.20. The highest BCUT2D eigenvalue weighted by molar-refractivity contribution is 6.00. The molecule has 1 unspecified atom stereocenters. The molecule has 0 saturated heterocycles. The molecule has 34 heavy (non-hydrogen) atoms. The van der Waals surface area contributed by atoms with Crippen LogP contribution in [-0.2, 0) is 17.6 Å². The minimum absolute atomic E-state index is 0.109.